The Morgan fingerprint density at radius 3 is 2.42 bits per heavy atom. The topological polar surface area (TPSA) is 38.5 Å². The minimum absolute atomic E-state index is 0.235. The third kappa shape index (κ3) is 3.52. The summed E-state index contributed by atoms with van der Waals surface area (Å²) in [5.74, 6) is 0. The van der Waals surface area contributed by atoms with Crippen LogP contribution in [-0.4, -0.2) is 44.3 Å². The summed E-state index contributed by atoms with van der Waals surface area (Å²) in [6.07, 6.45) is 1.29. The summed E-state index contributed by atoms with van der Waals surface area (Å²) < 4.78 is 5.21. The van der Waals surface area contributed by atoms with Crippen molar-refractivity contribution in [2.75, 3.05) is 27.2 Å². The summed E-state index contributed by atoms with van der Waals surface area (Å²) in [7, 11) is 3.82. The second kappa shape index (κ2) is 6.40. The van der Waals surface area contributed by atoms with E-state index in [0.717, 1.165) is 19.5 Å². The third-order valence-electron chi connectivity index (χ3n) is 2.12. The van der Waals surface area contributed by atoms with Gasteiger partial charge in [0.1, 0.15) is 0 Å². The minimum Gasteiger partial charge on any atom is -0.379 e. The molecule has 0 radical (unpaired) electrons. The maximum Gasteiger partial charge on any atom is 0.0849 e. The standard InChI is InChI=1S/C7H16N2O.C2H6/c1-9-4-3-6(8)7(5-9)10-2;1-2/h6-7H,3-5,8H2,1-2H3;1-2H3. The molecule has 0 aromatic heterocycles. The van der Waals surface area contributed by atoms with E-state index >= 15 is 0 Å². The zero-order valence-corrected chi connectivity index (χ0v) is 8.71. The number of nitrogens with zero attached hydrogens (tertiary/aromatic N) is 1. The van der Waals surface area contributed by atoms with Crippen molar-refractivity contribution in [3.05, 3.63) is 0 Å². The van der Waals surface area contributed by atoms with E-state index in [2.05, 4.69) is 11.9 Å². The average Bonchev–Trinajstić information content (AvgIpc) is 2.13. The van der Waals surface area contributed by atoms with Gasteiger partial charge in [0, 0.05) is 19.7 Å². The van der Waals surface area contributed by atoms with Crippen molar-refractivity contribution in [2.24, 2.45) is 5.73 Å². The van der Waals surface area contributed by atoms with Crippen LogP contribution in [0.5, 0.6) is 0 Å². The van der Waals surface area contributed by atoms with Gasteiger partial charge in [0.15, 0.2) is 0 Å². The average molecular weight is 174 g/mol. The van der Waals surface area contributed by atoms with Crippen LogP contribution in [0.25, 0.3) is 0 Å². The fraction of sp³-hybridized carbons (Fsp3) is 1.00. The lowest BCUT2D eigenvalue weighted by Crippen LogP contribution is -2.50. The molecule has 0 amide bonds. The van der Waals surface area contributed by atoms with Crippen LogP contribution in [0.1, 0.15) is 20.3 Å². The van der Waals surface area contributed by atoms with E-state index in [4.69, 9.17) is 10.5 Å². The monoisotopic (exact) mass is 174 g/mol. The lowest BCUT2D eigenvalue weighted by molar-refractivity contribution is 0.0256. The lowest BCUT2D eigenvalue weighted by Gasteiger charge is -2.33. The van der Waals surface area contributed by atoms with Crippen molar-refractivity contribution in [1.29, 1.82) is 0 Å². The molecule has 0 aromatic rings. The predicted octanol–water partition coefficient (Wildman–Crippen LogP) is 0.690. The van der Waals surface area contributed by atoms with Gasteiger partial charge in [-0.2, -0.15) is 0 Å². The van der Waals surface area contributed by atoms with Crippen LogP contribution in [0.15, 0.2) is 0 Å². The normalized spacial score (nSPS) is 30.8. The Morgan fingerprint density at radius 1 is 1.42 bits per heavy atom. The highest BCUT2D eigenvalue weighted by atomic mass is 16.5. The summed E-state index contributed by atoms with van der Waals surface area (Å²) in [5.41, 5.74) is 5.80. The summed E-state index contributed by atoms with van der Waals surface area (Å²) in [4.78, 5) is 2.25. The molecule has 1 rings (SSSR count). The van der Waals surface area contributed by atoms with Crippen molar-refractivity contribution >= 4 is 0 Å². The largest absolute Gasteiger partial charge is 0.379 e. The first-order valence-corrected chi connectivity index (χ1v) is 4.71. The Morgan fingerprint density at radius 2 is 2.00 bits per heavy atom. The molecule has 1 heterocycles. The van der Waals surface area contributed by atoms with E-state index in [1.54, 1.807) is 7.11 Å². The second-order valence-corrected chi connectivity index (χ2v) is 2.99. The zero-order chi connectivity index (χ0) is 9.56. The fourth-order valence-electron chi connectivity index (χ4n) is 1.34. The number of likely N-dealkylation sites (tertiary alicyclic amines) is 1. The molecule has 2 atom stereocenters. The molecule has 1 aliphatic rings. The summed E-state index contributed by atoms with van der Waals surface area (Å²) in [6.45, 7) is 6.07. The van der Waals surface area contributed by atoms with Gasteiger partial charge in [-0.25, -0.2) is 0 Å². The lowest BCUT2D eigenvalue weighted by atomic mass is 10.0. The van der Waals surface area contributed by atoms with Gasteiger partial charge >= 0.3 is 0 Å². The maximum atomic E-state index is 5.80. The highest BCUT2D eigenvalue weighted by Crippen LogP contribution is 2.09. The Bertz CT molecular complexity index is 109. The molecule has 3 nitrogen and oxygen atoms in total. The molecule has 0 aromatic carbocycles. The van der Waals surface area contributed by atoms with Gasteiger partial charge in [-0.15, -0.1) is 0 Å². The van der Waals surface area contributed by atoms with Gasteiger partial charge in [0.25, 0.3) is 0 Å². The summed E-state index contributed by atoms with van der Waals surface area (Å²) in [5, 5.41) is 0. The molecule has 0 bridgehead atoms. The van der Waals surface area contributed by atoms with E-state index < -0.39 is 0 Å². The summed E-state index contributed by atoms with van der Waals surface area (Å²) in [6, 6.07) is 0.237. The molecule has 1 fully saturated rings. The third-order valence-corrected chi connectivity index (χ3v) is 2.12. The van der Waals surface area contributed by atoms with E-state index in [0.29, 0.717) is 0 Å². The fourth-order valence-corrected chi connectivity index (χ4v) is 1.34. The number of nitrogens with two attached hydrogens (primary N) is 1. The Balaban J connectivity index is 0.000000561. The summed E-state index contributed by atoms with van der Waals surface area (Å²) >= 11 is 0. The Hall–Kier alpha value is -0.120. The number of methoxy groups -OCH3 is 1. The number of rotatable bonds is 1. The molecule has 0 spiro atoms. The molecule has 2 unspecified atom stereocenters. The quantitative estimate of drug-likeness (QED) is 0.635. The number of piperidine rings is 1. The molecular formula is C9H22N2O. The highest BCUT2D eigenvalue weighted by molar-refractivity contribution is 4.81. The number of hydrogen-bond acceptors (Lipinski definition) is 3. The van der Waals surface area contributed by atoms with Crippen LogP contribution in [0.3, 0.4) is 0 Å². The first-order valence-electron chi connectivity index (χ1n) is 4.71. The van der Waals surface area contributed by atoms with Gasteiger partial charge in [-0.05, 0) is 20.0 Å². The molecular weight excluding hydrogens is 152 g/mol. The smallest absolute Gasteiger partial charge is 0.0849 e. The molecule has 2 N–H and O–H groups in total. The maximum absolute atomic E-state index is 5.80. The Labute approximate surface area is 75.9 Å². The number of likely N-dealkylation sites (N-methyl/N-ethyl adjacent to an activating group) is 1. The molecule has 3 heteroatoms. The van der Waals surface area contributed by atoms with Crippen LogP contribution >= 0.6 is 0 Å². The Kier molecular flexibility index (Phi) is 6.34. The van der Waals surface area contributed by atoms with Crippen molar-refractivity contribution in [1.82, 2.24) is 4.90 Å². The van der Waals surface area contributed by atoms with Crippen LogP contribution in [0.4, 0.5) is 0 Å². The van der Waals surface area contributed by atoms with Crippen LogP contribution < -0.4 is 5.73 Å². The van der Waals surface area contributed by atoms with Gasteiger partial charge in [0.2, 0.25) is 0 Å². The molecule has 12 heavy (non-hydrogen) atoms. The highest BCUT2D eigenvalue weighted by Gasteiger charge is 2.23. The minimum atomic E-state index is 0.235. The van der Waals surface area contributed by atoms with Crippen molar-refractivity contribution in [2.45, 2.75) is 32.4 Å². The first kappa shape index (κ1) is 11.9. The van der Waals surface area contributed by atoms with E-state index in [1.165, 1.54) is 0 Å². The van der Waals surface area contributed by atoms with Crippen molar-refractivity contribution < 1.29 is 4.74 Å². The first-order chi connectivity index (χ1) is 5.74. The predicted molar refractivity (Wildman–Crippen MR) is 52.2 cm³/mol. The number of hydrogen-bond donors (Lipinski definition) is 1. The van der Waals surface area contributed by atoms with E-state index in [1.807, 2.05) is 13.8 Å². The molecule has 1 aliphatic heterocycles. The SMILES string of the molecule is CC.COC1CN(C)CCC1N. The van der Waals surface area contributed by atoms with Crippen LogP contribution in [0.2, 0.25) is 0 Å². The molecule has 1 saturated heterocycles. The number of ether oxygens (including phenoxy) is 1. The van der Waals surface area contributed by atoms with Crippen LogP contribution in [-0.2, 0) is 4.74 Å². The van der Waals surface area contributed by atoms with Gasteiger partial charge in [-0.1, -0.05) is 13.8 Å². The second-order valence-electron chi connectivity index (χ2n) is 2.99. The molecule has 74 valence electrons. The van der Waals surface area contributed by atoms with Crippen molar-refractivity contribution in [3.8, 4) is 0 Å². The van der Waals surface area contributed by atoms with Gasteiger partial charge < -0.3 is 15.4 Å². The van der Waals surface area contributed by atoms with Crippen molar-refractivity contribution in [3.63, 3.8) is 0 Å². The van der Waals surface area contributed by atoms with Gasteiger partial charge in [-0.3, -0.25) is 0 Å². The van der Waals surface area contributed by atoms with E-state index in [-0.39, 0.29) is 12.1 Å². The van der Waals surface area contributed by atoms with Gasteiger partial charge in [0.05, 0.1) is 6.10 Å². The van der Waals surface area contributed by atoms with Crippen LogP contribution in [0, 0.1) is 0 Å². The zero-order valence-electron chi connectivity index (χ0n) is 8.71. The van der Waals surface area contributed by atoms with E-state index in [9.17, 15) is 0 Å². The molecule has 0 saturated carbocycles. The molecule has 0 aliphatic carbocycles.